The SMILES string of the molecule is OC1(c2cccc(Cl)c2COC2CCCCO2)CCC1. The van der Waals surface area contributed by atoms with Gasteiger partial charge in [-0.25, -0.2) is 0 Å². The maximum absolute atomic E-state index is 10.6. The molecule has 0 aromatic heterocycles. The monoisotopic (exact) mass is 296 g/mol. The smallest absolute Gasteiger partial charge is 0.158 e. The number of hydrogen-bond donors (Lipinski definition) is 1. The van der Waals surface area contributed by atoms with Gasteiger partial charge in [-0.05, 0) is 50.2 Å². The summed E-state index contributed by atoms with van der Waals surface area (Å²) in [5.41, 5.74) is 1.12. The molecule has 110 valence electrons. The van der Waals surface area contributed by atoms with Crippen LogP contribution in [0, 0.1) is 0 Å². The topological polar surface area (TPSA) is 38.7 Å². The van der Waals surface area contributed by atoms with Crippen molar-refractivity contribution < 1.29 is 14.6 Å². The third-order valence-electron chi connectivity index (χ3n) is 4.35. The number of benzene rings is 1. The van der Waals surface area contributed by atoms with E-state index in [1.165, 1.54) is 0 Å². The fraction of sp³-hybridized carbons (Fsp3) is 0.625. The minimum Gasteiger partial charge on any atom is -0.385 e. The first-order chi connectivity index (χ1) is 9.69. The van der Waals surface area contributed by atoms with E-state index in [1.807, 2.05) is 18.2 Å². The van der Waals surface area contributed by atoms with E-state index in [0.717, 1.165) is 56.3 Å². The van der Waals surface area contributed by atoms with E-state index in [2.05, 4.69) is 0 Å². The van der Waals surface area contributed by atoms with Crippen molar-refractivity contribution in [2.24, 2.45) is 0 Å². The van der Waals surface area contributed by atoms with Crippen molar-refractivity contribution in [3.05, 3.63) is 34.3 Å². The number of aliphatic hydroxyl groups is 1. The number of halogens is 1. The van der Waals surface area contributed by atoms with Crippen LogP contribution in [0.3, 0.4) is 0 Å². The molecule has 1 aliphatic heterocycles. The van der Waals surface area contributed by atoms with E-state index in [9.17, 15) is 5.11 Å². The van der Waals surface area contributed by atoms with Crippen LogP contribution < -0.4 is 0 Å². The highest BCUT2D eigenvalue weighted by Gasteiger charge is 2.38. The van der Waals surface area contributed by atoms with Crippen LogP contribution in [0.2, 0.25) is 5.02 Å². The fourth-order valence-electron chi connectivity index (χ4n) is 2.94. The van der Waals surface area contributed by atoms with E-state index in [0.29, 0.717) is 11.6 Å². The van der Waals surface area contributed by atoms with E-state index >= 15 is 0 Å². The van der Waals surface area contributed by atoms with Gasteiger partial charge in [0.25, 0.3) is 0 Å². The second-order valence-corrected chi connectivity index (χ2v) is 6.17. The average Bonchev–Trinajstić information content (AvgIpc) is 2.44. The molecule has 20 heavy (non-hydrogen) atoms. The summed E-state index contributed by atoms with van der Waals surface area (Å²) in [7, 11) is 0. The van der Waals surface area contributed by atoms with E-state index < -0.39 is 5.60 Å². The van der Waals surface area contributed by atoms with Crippen LogP contribution in [-0.4, -0.2) is 18.0 Å². The van der Waals surface area contributed by atoms with Crippen LogP contribution in [0.4, 0.5) is 0 Å². The summed E-state index contributed by atoms with van der Waals surface area (Å²) in [6.07, 6.45) is 5.73. The van der Waals surface area contributed by atoms with Gasteiger partial charge in [-0.2, -0.15) is 0 Å². The van der Waals surface area contributed by atoms with Gasteiger partial charge in [-0.15, -0.1) is 0 Å². The van der Waals surface area contributed by atoms with Crippen molar-refractivity contribution in [2.45, 2.75) is 57.0 Å². The summed E-state index contributed by atoms with van der Waals surface area (Å²) >= 11 is 6.30. The van der Waals surface area contributed by atoms with Gasteiger partial charge in [0.15, 0.2) is 6.29 Å². The molecule has 1 aromatic rings. The van der Waals surface area contributed by atoms with E-state index in [4.69, 9.17) is 21.1 Å². The maximum atomic E-state index is 10.6. The van der Waals surface area contributed by atoms with Crippen molar-refractivity contribution in [2.75, 3.05) is 6.61 Å². The molecule has 3 nitrogen and oxygen atoms in total. The standard InChI is InChI=1S/C16H21ClO3/c17-14-6-3-5-13(16(18)8-4-9-16)12(14)11-20-15-7-1-2-10-19-15/h3,5-6,15,18H,1-2,4,7-11H2. The van der Waals surface area contributed by atoms with Crippen molar-refractivity contribution in [1.82, 2.24) is 0 Å². The Morgan fingerprint density at radius 3 is 2.80 bits per heavy atom. The van der Waals surface area contributed by atoms with Crippen LogP contribution in [0.1, 0.15) is 49.7 Å². The minimum atomic E-state index is -0.711. The van der Waals surface area contributed by atoms with Crippen LogP contribution in [-0.2, 0) is 21.7 Å². The van der Waals surface area contributed by atoms with Gasteiger partial charge >= 0.3 is 0 Å². The fourth-order valence-corrected chi connectivity index (χ4v) is 3.17. The van der Waals surface area contributed by atoms with Crippen LogP contribution in [0.5, 0.6) is 0 Å². The molecule has 1 aliphatic carbocycles. The van der Waals surface area contributed by atoms with E-state index in [-0.39, 0.29) is 6.29 Å². The van der Waals surface area contributed by atoms with Crippen molar-refractivity contribution in [1.29, 1.82) is 0 Å². The largest absolute Gasteiger partial charge is 0.385 e. The molecule has 0 spiro atoms. The summed E-state index contributed by atoms with van der Waals surface area (Å²) in [5, 5.41) is 11.2. The molecule has 0 amide bonds. The highest BCUT2D eigenvalue weighted by atomic mass is 35.5. The predicted molar refractivity (Wildman–Crippen MR) is 77.6 cm³/mol. The number of ether oxygens (including phenoxy) is 2. The average molecular weight is 297 g/mol. The summed E-state index contributed by atoms with van der Waals surface area (Å²) in [5.74, 6) is 0. The van der Waals surface area contributed by atoms with Crippen LogP contribution in [0.15, 0.2) is 18.2 Å². The maximum Gasteiger partial charge on any atom is 0.158 e. The number of rotatable bonds is 4. The molecule has 1 N–H and O–H groups in total. The Morgan fingerprint density at radius 2 is 2.15 bits per heavy atom. The van der Waals surface area contributed by atoms with Gasteiger partial charge in [-0.3, -0.25) is 0 Å². The van der Waals surface area contributed by atoms with Crippen molar-refractivity contribution >= 4 is 11.6 Å². The Bertz CT molecular complexity index is 465. The van der Waals surface area contributed by atoms with Crippen LogP contribution in [0.25, 0.3) is 0 Å². The first-order valence-electron chi connectivity index (χ1n) is 7.42. The molecule has 2 aliphatic rings. The zero-order valence-electron chi connectivity index (χ0n) is 11.6. The zero-order chi connectivity index (χ0) is 14.0. The predicted octanol–water partition coefficient (Wildman–Crippen LogP) is 3.75. The van der Waals surface area contributed by atoms with Crippen molar-refractivity contribution in [3.63, 3.8) is 0 Å². The molecule has 1 aromatic carbocycles. The molecular weight excluding hydrogens is 276 g/mol. The molecule has 1 heterocycles. The lowest BCUT2D eigenvalue weighted by molar-refractivity contribution is -0.169. The van der Waals surface area contributed by atoms with Gasteiger partial charge in [0.2, 0.25) is 0 Å². The molecule has 1 saturated heterocycles. The molecule has 2 fully saturated rings. The first kappa shape index (κ1) is 14.3. The summed E-state index contributed by atoms with van der Waals surface area (Å²) in [4.78, 5) is 0. The minimum absolute atomic E-state index is 0.135. The summed E-state index contributed by atoms with van der Waals surface area (Å²) < 4.78 is 11.4. The summed E-state index contributed by atoms with van der Waals surface area (Å²) in [6.45, 7) is 1.17. The lowest BCUT2D eigenvalue weighted by Crippen LogP contribution is -2.35. The molecule has 0 bridgehead atoms. The van der Waals surface area contributed by atoms with Gasteiger partial charge in [-0.1, -0.05) is 23.7 Å². The first-order valence-corrected chi connectivity index (χ1v) is 7.80. The lowest BCUT2D eigenvalue weighted by atomic mass is 9.73. The van der Waals surface area contributed by atoms with Gasteiger partial charge in [0.1, 0.15) is 0 Å². The highest BCUT2D eigenvalue weighted by molar-refractivity contribution is 6.31. The molecule has 3 rings (SSSR count). The second kappa shape index (κ2) is 6.02. The van der Waals surface area contributed by atoms with E-state index in [1.54, 1.807) is 0 Å². The molecule has 1 saturated carbocycles. The second-order valence-electron chi connectivity index (χ2n) is 5.76. The molecular formula is C16H21ClO3. The molecule has 0 radical (unpaired) electrons. The Labute approximate surface area is 124 Å². The Hall–Kier alpha value is -0.610. The zero-order valence-corrected chi connectivity index (χ0v) is 12.4. The Balaban J connectivity index is 1.74. The quantitative estimate of drug-likeness (QED) is 0.919. The Kier molecular flexibility index (Phi) is 4.32. The van der Waals surface area contributed by atoms with Crippen LogP contribution >= 0.6 is 11.6 Å². The normalized spacial score (nSPS) is 25.2. The van der Waals surface area contributed by atoms with Gasteiger partial charge < -0.3 is 14.6 Å². The number of hydrogen-bond acceptors (Lipinski definition) is 3. The van der Waals surface area contributed by atoms with Gasteiger partial charge in [0.05, 0.1) is 12.2 Å². The highest BCUT2D eigenvalue weighted by Crippen LogP contribution is 2.44. The molecule has 4 heteroatoms. The molecule has 1 atom stereocenters. The third kappa shape index (κ3) is 2.86. The Morgan fingerprint density at radius 1 is 1.30 bits per heavy atom. The third-order valence-corrected chi connectivity index (χ3v) is 4.71. The lowest BCUT2D eigenvalue weighted by Gasteiger charge is -2.38. The summed E-state index contributed by atoms with van der Waals surface area (Å²) in [6, 6.07) is 5.72. The molecule has 1 unspecified atom stereocenters. The van der Waals surface area contributed by atoms with Gasteiger partial charge in [0, 0.05) is 17.2 Å². The van der Waals surface area contributed by atoms with Crippen molar-refractivity contribution in [3.8, 4) is 0 Å².